The summed E-state index contributed by atoms with van der Waals surface area (Å²) in [5, 5.41) is 10.7. The number of nitrogens with one attached hydrogen (secondary N) is 2. The number of halogens is 1. The van der Waals surface area contributed by atoms with Crippen molar-refractivity contribution in [2.24, 2.45) is 23.2 Å². The molecule has 0 radical (unpaired) electrons. The standard InChI is InChI=1S/C24H31BrN4O2/c1-14-18-10-17(24(18,3)4)11-19(14)28-20-12-26-29(23(31)22(20)25)13-21(30)27-15(2)16-8-6-5-7-9-16/h5-9,12,14-15,17-19,28H,10-11,13H2,1-4H3,(H,27,30)/t14-,15?,17+,18-,19-/m1/s1. The van der Waals surface area contributed by atoms with E-state index in [9.17, 15) is 9.59 Å². The van der Waals surface area contributed by atoms with Crippen LogP contribution in [-0.2, 0) is 11.3 Å². The normalized spacial score (nSPS) is 27.1. The number of anilines is 1. The molecule has 1 aromatic heterocycles. The average molecular weight is 487 g/mol. The molecule has 3 aliphatic carbocycles. The lowest BCUT2D eigenvalue weighted by atomic mass is 9.45. The van der Waals surface area contributed by atoms with E-state index in [0.717, 1.165) is 17.9 Å². The number of rotatable bonds is 6. The minimum atomic E-state index is -0.304. The van der Waals surface area contributed by atoms with Crippen molar-refractivity contribution in [3.05, 3.63) is 56.9 Å². The Kier molecular flexibility index (Phi) is 5.99. The van der Waals surface area contributed by atoms with Gasteiger partial charge in [-0.2, -0.15) is 5.10 Å². The highest BCUT2D eigenvalue weighted by atomic mass is 79.9. The highest BCUT2D eigenvalue weighted by Crippen LogP contribution is 2.61. The minimum absolute atomic E-state index is 0.118. The molecule has 5 atom stereocenters. The third-order valence-corrected chi connectivity index (χ3v) is 8.42. The van der Waals surface area contributed by atoms with Gasteiger partial charge in [-0.05, 0) is 64.4 Å². The monoisotopic (exact) mass is 486 g/mol. The van der Waals surface area contributed by atoms with Gasteiger partial charge in [-0.3, -0.25) is 9.59 Å². The molecule has 3 fully saturated rings. The van der Waals surface area contributed by atoms with E-state index in [4.69, 9.17) is 0 Å². The number of nitrogens with zero attached hydrogens (tertiary/aromatic N) is 2. The summed E-state index contributed by atoms with van der Waals surface area (Å²) in [5.74, 6) is 1.74. The van der Waals surface area contributed by atoms with Crippen LogP contribution >= 0.6 is 15.9 Å². The molecule has 3 aliphatic rings. The smallest absolute Gasteiger partial charge is 0.283 e. The second-order valence-corrected chi connectivity index (χ2v) is 10.5. The number of aromatic nitrogens is 2. The first kappa shape index (κ1) is 22.1. The van der Waals surface area contributed by atoms with Crippen molar-refractivity contribution in [2.45, 2.75) is 59.2 Å². The molecule has 1 unspecified atom stereocenters. The van der Waals surface area contributed by atoms with Gasteiger partial charge in [0.05, 0.1) is 17.9 Å². The van der Waals surface area contributed by atoms with E-state index in [1.165, 1.54) is 11.1 Å². The predicted molar refractivity (Wildman–Crippen MR) is 126 cm³/mol. The Bertz CT molecular complexity index is 1020. The Labute approximate surface area is 191 Å². The van der Waals surface area contributed by atoms with Gasteiger partial charge < -0.3 is 10.6 Å². The van der Waals surface area contributed by atoms with Crippen LogP contribution in [0.3, 0.4) is 0 Å². The maximum atomic E-state index is 12.8. The maximum Gasteiger partial charge on any atom is 0.283 e. The van der Waals surface area contributed by atoms with Crippen LogP contribution in [0.5, 0.6) is 0 Å². The molecule has 0 saturated heterocycles. The topological polar surface area (TPSA) is 76.0 Å². The summed E-state index contributed by atoms with van der Waals surface area (Å²) in [6.45, 7) is 8.86. The number of carbonyl (C=O) groups is 1. The van der Waals surface area contributed by atoms with Crippen LogP contribution in [-0.4, -0.2) is 21.7 Å². The quantitative estimate of drug-likeness (QED) is 0.635. The summed E-state index contributed by atoms with van der Waals surface area (Å²) in [4.78, 5) is 25.3. The highest BCUT2D eigenvalue weighted by molar-refractivity contribution is 9.10. The third kappa shape index (κ3) is 4.16. The molecule has 2 bridgehead atoms. The molecule has 1 aromatic carbocycles. The molecular formula is C24H31BrN4O2. The Balaban J connectivity index is 1.41. The fourth-order valence-electron chi connectivity index (χ4n) is 5.47. The van der Waals surface area contributed by atoms with Crippen molar-refractivity contribution in [3.8, 4) is 0 Å². The van der Waals surface area contributed by atoms with Gasteiger partial charge in [-0.15, -0.1) is 0 Å². The van der Waals surface area contributed by atoms with Crippen LogP contribution in [0.15, 0.2) is 45.8 Å². The number of benzene rings is 1. The fourth-order valence-corrected chi connectivity index (χ4v) is 5.89. The summed E-state index contributed by atoms with van der Waals surface area (Å²) in [6, 6.07) is 9.92. The fraction of sp³-hybridized carbons (Fsp3) is 0.542. The van der Waals surface area contributed by atoms with Crippen molar-refractivity contribution < 1.29 is 4.79 Å². The molecule has 7 heteroatoms. The first-order chi connectivity index (χ1) is 14.7. The lowest BCUT2D eigenvalue weighted by Gasteiger charge is -2.62. The summed E-state index contributed by atoms with van der Waals surface area (Å²) in [5.41, 5.74) is 1.83. The summed E-state index contributed by atoms with van der Waals surface area (Å²) in [7, 11) is 0. The number of amides is 1. The Hall–Kier alpha value is -2.15. The molecule has 1 amide bonds. The molecule has 2 N–H and O–H groups in total. The van der Waals surface area contributed by atoms with Gasteiger partial charge in [0.2, 0.25) is 5.91 Å². The van der Waals surface area contributed by atoms with E-state index in [1.54, 1.807) is 6.20 Å². The number of carbonyl (C=O) groups excluding carboxylic acids is 1. The molecule has 166 valence electrons. The first-order valence-corrected chi connectivity index (χ1v) is 11.8. The third-order valence-electron chi connectivity index (χ3n) is 7.65. The predicted octanol–water partition coefficient (Wildman–Crippen LogP) is 4.37. The van der Waals surface area contributed by atoms with Crippen molar-refractivity contribution in [1.82, 2.24) is 15.1 Å². The van der Waals surface area contributed by atoms with Gasteiger partial charge >= 0.3 is 0 Å². The van der Waals surface area contributed by atoms with E-state index in [2.05, 4.69) is 52.4 Å². The number of fused-ring (bicyclic) bond motifs is 2. The Morgan fingerprint density at radius 1 is 1.29 bits per heavy atom. The van der Waals surface area contributed by atoms with Crippen molar-refractivity contribution in [2.75, 3.05) is 5.32 Å². The number of hydrogen-bond donors (Lipinski definition) is 2. The van der Waals surface area contributed by atoms with Gasteiger partial charge in [0.15, 0.2) is 0 Å². The maximum absolute atomic E-state index is 12.8. The molecule has 0 spiro atoms. The van der Waals surface area contributed by atoms with E-state index < -0.39 is 0 Å². The molecule has 31 heavy (non-hydrogen) atoms. The van der Waals surface area contributed by atoms with Gasteiger partial charge in [0.1, 0.15) is 11.0 Å². The molecule has 5 rings (SSSR count). The van der Waals surface area contributed by atoms with Crippen molar-refractivity contribution in [1.29, 1.82) is 0 Å². The van der Waals surface area contributed by atoms with Gasteiger partial charge in [0.25, 0.3) is 5.56 Å². The zero-order valence-electron chi connectivity index (χ0n) is 18.6. The Morgan fingerprint density at radius 3 is 2.65 bits per heavy atom. The minimum Gasteiger partial charge on any atom is -0.380 e. The van der Waals surface area contributed by atoms with Gasteiger partial charge in [0, 0.05) is 6.04 Å². The Morgan fingerprint density at radius 2 is 2.00 bits per heavy atom. The van der Waals surface area contributed by atoms with E-state index in [0.29, 0.717) is 33.5 Å². The second kappa shape index (κ2) is 8.41. The summed E-state index contributed by atoms with van der Waals surface area (Å²) in [6.07, 6.45) is 4.07. The van der Waals surface area contributed by atoms with Gasteiger partial charge in [-0.1, -0.05) is 51.1 Å². The molecule has 6 nitrogen and oxygen atoms in total. The van der Waals surface area contributed by atoms with Crippen LogP contribution in [0, 0.1) is 23.2 Å². The lowest BCUT2D eigenvalue weighted by Crippen LogP contribution is -2.58. The van der Waals surface area contributed by atoms with Crippen LogP contribution in [0.2, 0.25) is 0 Å². The highest BCUT2D eigenvalue weighted by Gasteiger charge is 2.56. The zero-order valence-corrected chi connectivity index (χ0v) is 20.1. The molecular weight excluding hydrogens is 456 g/mol. The summed E-state index contributed by atoms with van der Waals surface area (Å²) >= 11 is 3.44. The molecule has 3 saturated carbocycles. The lowest BCUT2D eigenvalue weighted by molar-refractivity contribution is -0.122. The van der Waals surface area contributed by atoms with Crippen LogP contribution in [0.25, 0.3) is 0 Å². The van der Waals surface area contributed by atoms with E-state index in [-0.39, 0.29) is 24.1 Å². The van der Waals surface area contributed by atoms with Crippen LogP contribution in [0.1, 0.15) is 52.1 Å². The zero-order chi connectivity index (χ0) is 22.3. The van der Waals surface area contributed by atoms with Crippen LogP contribution < -0.4 is 16.2 Å². The molecule has 0 aliphatic heterocycles. The van der Waals surface area contributed by atoms with Crippen molar-refractivity contribution in [3.63, 3.8) is 0 Å². The summed E-state index contributed by atoms with van der Waals surface area (Å²) < 4.78 is 1.63. The molecule has 2 aromatic rings. The SMILES string of the molecule is CC(NC(=O)Cn1ncc(N[C@@H]2C[C@@H]3C[C@H]([C@H]2C)C3(C)C)c(Br)c1=O)c1ccccc1. The largest absolute Gasteiger partial charge is 0.380 e. The van der Waals surface area contributed by atoms with Gasteiger partial charge in [-0.25, -0.2) is 4.68 Å². The molecule has 1 heterocycles. The van der Waals surface area contributed by atoms with Crippen molar-refractivity contribution >= 4 is 27.5 Å². The number of hydrogen-bond acceptors (Lipinski definition) is 4. The van der Waals surface area contributed by atoms with E-state index in [1.807, 2.05) is 37.3 Å². The van der Waals surface area contributed by atoms with Crippen LogP contribution in [0.4, 0.5) is 5.69 Å². The first-order valence-electron chi connectivity index (χ1n) is 11.0. The second-order valence-electron chi connectivity index (χ2n) is 9.74. The average Bonchev–Trinajstić information content (AvgIpc) is 2.74. The van der Waals surface area contributed by atoms with E-state index >= 15 is 0 Å².